The molecule has 3 aliphatic rings. The predicted molar refractivity (Wildman–Crippen MR) is 45.0 cm³/mol. The molecule has 3 saturated heterocycles. The molecule has 0 radical (unpaired) electrons. The van der Waals surface area contributed by atoms with Gasteiger partial charge in [-0.2, -0.15) is 0 Å². The van der Waals surface area contributed by atoms with Crippen LogP contribution >= 0.6 is 0 Å². The highest BCUT2D eigenvalue weighted by molar-refractivity contribution is 4.95. The van der Waals surface area contributed by atoms with E-state index in [4.69, 9.17) is 18.9 Å². The molecule has 0 aliphatic carbocycles. The Morgan fingerprint density at radius 1 is 1.07 bits per heavy atom. The molecule has 80 valence electrons. The van der Waals surface area contributed by atoms with Crippen molar-refractivity contribution in [1.82, 2.24) is 0 Å². The average Bonchev–Trinajstić information content (AvgIpc) is 2.81. The lowest BCUT2D eigenvalue weighted by molar-refractivity contribution is -0.0406. The van der Waals surface area contributed by atoms with Crippen LogP contribution in [0.2, 0.25) is 0 Å². The number of hydrogen-bond donors (Lipinski definition) is 1. The summed E-state index contributed by atoms with van der Waals surface area (Å²) in [4.78, 5) is 0. The molecule has 5 nitrogen and oxygen atoms in total. The molecule has 3 rings (SSSR count). The number of aliphatic hydroxyl groups excluding tert-OH is 1. The minimum atomic E-state index is -0.495. The highest BCUT2D eigenvalue weighted by Crippen LogP contribution is 2.29. The summed E-state index contributed by atoms with van der Waals surface area (Å²) in [5.41, 5.74) is 0. The van der Waals surface area contributed by atoms with Gasteiger partial charge in [-0.3, -0.25) is 0 Å². The van der Waals surface area contributed by atoms with Gasteiger partial charge in [0, 0.05) is 0 Å². The SMILES string of the molecule is O[C@H]1CO[C@H]2[C@H]1OC[C@H]2OC[C@H]1CO1. The van der Waals surface area contributed by atoms with Crippen LogP contribution in [0.15, 0.2) is 0 Å². The topological polar surface area (TPSA) is 60.5 Å². The first-order valence-corrected chi connectivity index (χ1v) is 4.99. The minimum Gasteiger partial charge on any atom is -0.388 e. The van der Waals surface area contributed by atoms with Crippen LogP contribution in [-0.4, -0.2) is 62.1 Å². The van der Waals surface area contributed by atoms with Crippen molar-refractivity contribution in [2.75, 3.05) is 26.4 Å². The molecule has 0 spiro atoms. The van der Waals surface area contributed by atoms with Crippen molar-refractivity contribution in [3.8, 4) is 0 Å². The van der Waals surface area contributed by atoms with Crippen LogP contribution in [0, 0.1) is 0 Å². The third-order valence-corrected chi connectivity index (χ3v) is 2.88. The van der Waals surface area contributed by atoms with E-state index >= 15 is 0 Å². The van der Waals surface area contributed by atoms with Crippen LogP contribution < -0.4 is 0 Å². The van der Waals surface area contributed by atoms with E-state index in [9.17, 15) is 5.11 Å². The summed E-state index contributed by atoms with van der Waals surface area (Å²) in [5.74, 6) is 0. The summed E-state index contributed by atoms with van der Waals surface area (Å²) in [6.07, 6.45) is -0.559. The number of rotatable bonds is 3. The molecule has 1 N–H and O–H groups in total. The second-order valence-corrected chi connectivity index (χ2v) is 3.99. The van der Waals surface area contributed by atoms with Gasteiger partial charge in [-0.15, -0.1) is 0 Å². The van der Waals surface area contributed by atoms with E-state index in [1.165, 1.54) is 0 Å². The molecule has 0 aromatic carbocycles. The first-order valence-electron chi connectivity index (χ1n) is 4.99. The summed E-state index contributed by atoms with van der Waals surface area (Å²) in [6, 6.07) is 0. The normalized spacial score (nSPS) is 50.8. The largest absolute Gasteiger partial charge is 0.388 e. The van der Waals surface area contributed by atoms with Crippen LogP contribution in [0.25, 0.3) is 0 Å². The molecule has 3 fully saturated rings. The standard InChI is InChI=1S/C9H14O5/c10-6-3-13-9-7(4-14-8(6)9)12-2-5-1-11-5/h5-10H,1-4H2/t5-,6+,7-,8+,9-/m1/s1. The van der Waals surface area contributed by atoms with Crippen molar-refractivity contribution in [3.05, 3.63) is 0 Å². The predicted octanol–water partition coefficient (Wildman–Crippen LogP) is -1.07. The fourth-order valence-corrected chi connectivity index (χ4v) is 1.98. The van der Waals surface area contributed by atoms with Gasteiger partial charge in [-0.25, -0.2) is 0 Å². The summed E-state index contributed by atoms with van der Waals surface area (Å²) >= 11 is 0. The van der Waals surface area contributed by atoms with Crippen molar-refractivity contribution in [2.24, 2.45) is 0 Å². The summed E-state index contributed by atoms with van der Waals surface area (Å²) < 4.78 is 21.5. The van der Waals surface area contributed by atoms with Crippen molar-refractivity contribution in [2.45, 2.75) is 30.5 Å². The lowest BCUT2D eigenvalue weighted by Gasteiger charge is -2.15. The molecule has 14 heavy (non-hydrogen) atoms. The quantitative estimate of drug-likeness (QED) is 0.590. The smallest absolute Gasteiger partial charge is 0.115 e. The average molecular weight is 202 g/mol. The number of epoxide rings is 1. The first kappa shape index (κ1) is 9.06. The van der Waals surface area contributed by atoms with E-state index in [-0.39, 0.29) is 24.4 Å². The molecule has 5 heteroatoms. The van der Waals surface area contributed by atoms with Gasteiger partial charge in [-0.1, -0.05) is 0 Å². The first-order chi connectivity index (χ1) is 6.84. The third kappa shape index (κ3) is 1.55. The van der Waals surface area contributed by atoms with Gasteiger partial charge in [0.25, 0.3) is 0 Å². The Morgan fingerprint density at radius 2 is 1.86 bits per heavy atom. The Labute approximate surface area is 81.9 Å². The minimum absolute atomic E-state index is 0.0404. The Bertz CT molecular complexity index is 217. The van der Waals surface area contributed by atoms with E-state index in [0.29, 0.717) is 19.8 Å². The summed E-state index contributed by atoms with van der Waals surface area (Å²) in [7, 11) is 0. The fourth-order valence-electron chi connectivity index (χ4n) is 1.98. The lowest BCUT2D eigenvalue weighted by Crippen LogP contribution is -2.33. The van der Waals surface area contributed by atoms with Gasteiger partial charge in [0.1, 0.15) is 30.5 Å². The Hall–Kier alpha value is -0.200. The molecule has 0 unspecified atom stereocenters. The zero-order chi connectivity index (χ0) is 9.54. The van der Waals surface area contributed by atoms with Crippen LogP contribution in [0.4, 0.5) is 0 Å². The zero-order valence-corrected chi connectivity index (χ0v) is 7.80. The monoisotopic (exact) mass is 202 g/mol. The van der Waals surface area contributed by atoms with Crippen molar-refractivity contribution in [3.63, 3.8) is 0 Å². The highest BCUT2D eigenvalue weighted by atomic mass is 16.6. The molecule has 3 aliphatic heterocycles. The maximum absolute atomic E-state index is 9.48. The number of hydrogen-bond acceptors (Lipinski definition) is 5. The second kappa shape index (κ2) is 3.43. The van der Waals surface area contributed by atoms with Crippen molar-refractivity contribution >= 4 is 0 Å². The Kier molecular flexibility index (Phi) is 2.22. The third-order valence-electron chi connectivity index (χ3n) is 2.88. The summed E-state index contributed by atoms with van der Waals surface area (Å²) in [5, 5.41) is 9.48. The lowest BCUT2D eigenvalue weighted by atomic mass is 10.1. The van der Waals surface area contributed by atoms with Gasteiger partial charge in [0.15, 0.2) is 0 Å². The second-order valence-electron chi connectivity index (χ2n) is 3.99. The molecule has 0 bridgehead atoms. The molecule has 0 saturated carbocycles. The maximum Gasteiger partial charge on any atom is 0.115 e. The van der Waals surface area contributed by atoms with Gasteiger partial charge in [0.2, 0.25) is 0 Å². The van der Waals surface area contributed by atoms with Crippen LogP contribution in [0.5, 0.6) is 0 Å². The van der Waals surface area contributed by atoms with Gasteiger partial charge < -0.3 is 24.1 Å². The molecule has 0 amide bonds. The van der Waals surface area contributed by atoms with E-state index < -0.39 is 6.10 Å². The summed E-state index contributed by atoms with van der Waals surface area (Å²) in [6.45, 7) is 2.27. The molecular weight excluding hydrogens is 188 g/mol. The Morgan fingerprint density at radius 3 is 2.64 bits per heavy atom. The van der Waals surface area contributed by atoms with E-state index in [1.807, 2.05) is 0 Å². The van der Waals surface area contributed by atoms with E-state index in [0.717, 1.165) is 6.61 Å². The van der Waals surface area contributed by atoms with Crippen molar-refractivity contribution in [1.29, 1.82) is 0 Å². The zero-order valence-electron chi connectivity index (χ0n) is 7.80. The van der Waals surface area contributed by atoms with Crippen LogP contribution in [-0.2, 0) is 18.9 Å². The van der Waals surface area contributed by atoms with Crippen LogP contribution in [0.3, 0.4) is 0 Å². The van der Waals surface area contributed by atoms with Gasteiger partial charge >= 0.3 is 0 Å². The number of fused-ring (bicyclic) bond motifs is 1. The highest BCUT2D eigenvalue weighted by Gasteiger charge is 2.48. The van der Waals surface area contributed by atoms with E-state index in [1.54, 1.807) is 0 Å². The van der Waals surface area contributed by atoms with Gasteiger partial charge in [-0.05, 0) is 0 Å². The molecule has 0 aromatic rings. The molecule has 0 aromatic heterocycles. The maximum atomic E-state index is 9.48. The van der Waals surface area contributed by atoms with E-state index in [2.05, 4.69) is 0 Å². The number of aliphatic hydroxyl groups is 1. The van der Waals surface area contributed by atoms with Crippen LogP contribution in [0.1, 0.15) is 0 Å². The number of ether oxygens (including phenoxy) is 4. The van der Waals surface area contributed by atoms with Gasteiger partial charge in [0.05, 0.1) is 26.4 Å². The molecule has 5 atom stereocenters. The van der Waals surface area contributed by atoms with Crippen molar-refractivity contribution < 1.29 is 24.1 Å². The molecule has 3 heterocycles. The molecular formula is C9H14O5. The Balaban J connectivity index is 1.54. The fraction of sp³-hybridized carbons (Fsp3) is 1.00.